The lowest BCUT2D eigenvalue weighted by Crippen LogP contribution is -2.32. The van der Waals surface area contributed by atoms with Crippen molar-refractivity contribution in [3.05, 3.63) is 11.1 Å². The summed E-state index contributed by atoms with van der Waals surface area (Å²) in [5, 5.41) is 5.98. The van der Waals surface area contributed by atoms with Crippen LogP contribution in [0.3, 0.4) is 0 Å². The molecule has 0 saturated carbocycles. The molecule has 0 aliphatic carbocycles. The Hall–Kier alpha value is -0.540. The standard InChI is InChI=1S/C8H13ClN2O/c1-6(3-9)4-10-7-2-8(12)11-5-7/h3,7,10H,2,4-5H2,1H3,(H,11,12)/b6-3+. The average molecular weight is 189 g/mol. The van der Waals surface area contributed by atoms with Crippen molar-refractivity contribution in [3.63, 3.8) is 0 Å². The van der Waals surface area contributed by atoms with Crippen molar-refractivity contribution in [1.82, 2.24) is 10.6 Å². The van der Waals surface area contributed by atoms with Gasteiger partial charge >= 0.3 is 0 Å². The molecule has 1 aliphatic heterocycles. The van der Waals surface area contributed by atoms with Crippen molar-refractivity contribution in [1.29, 1.82) is 0 Å². The molecule has 0 spiro atoms. The van der Waals surface area contributed by atoms with Gasteiger partial charge in [0.15, 0.2) is 0 Å². The van der Waals surface area contributed by atoms with Crippen LogP contribution < -0.4 is 10.6 Å². The second kappa shape index (κ2) is 4.48. The first-order valence-electron chi connectivity index (χ1n) is 3.98. The van der Waals surface area contributed by atoms with E-state index in [1.807, 2.05) is 6.92 Å². The molecule has 1 rings (SSSR count). The molecule has 1 atom stereocenters. The summed E-state index contributed by atoms with van der Waals surface area (Å²) in [6.45, 7) is 3.43. The van der Waals surface area contributed by atoms with E-state index in [1.165, 1.54) is 0 Å². The summed E-state index contributed by atoms with van der Waals surface area (Å²) in [7, 11) is 0. The molecule has 1 fully saturated rings. The van der Waals surface area contributed by atoms with Crippen LogP contribution in [0.25, 0.3) is 0 Å². The molecule has 0 aromatic rings. The van der Waals surface area contributed by atoms with Gasteiger partial charge in [-0.15, -0.1) is 0 Å². The lowest BCUT2D eigenvalue weighted by Gasteiger charge is -2.09. The summed E-state index contributed by atoms with van der Waals surface area (Å²) in [4.78, 5) is 10.8. The van der Waals surface area contributed by atoms with Gasteiger partial charge in [-0.1, -0.05) is 11.6 Å². The molecule has 0 bridgehead atoms. The van der Waals surface area contributed by atoms with Gasteiger partial charge in [0.05, 0.1) is 0 Å². The molecule has 0 aromatic carbocycles. The third-order valence-corrected chi connectivity index (χ3v) is 2.21. The number of rotatable bonds is 3. The second-order valence-electron chi connectivity index (χ2n) is 3.04. The Labute approximate surface area is 77.2 Å². The minimum atomic E-state index is 0.125. The van der Waals surface area contributed by atoms with Gasteiger partial charge in [0, 0.05) is 31.1 Å². The van der Waals surface area contributed by atoms with Crippen molar-refractivity contribution in [2.45, 2.75) is 19.4 Å². The van der Waals surface area contributed by atoms with Crippen LogP contribution in [0.4, 0.5) is 0 Å². The maximum atomic E-state index is 10.8. The number of amides is 1. The number of halogens is 1. The molecule has 1 unspecified atom stereocenters. The summed E-state index contributed by atoms with van der Waals surface area (Å²) in [5.74, 6) is 0.125. The van der Waals surface area contributed by atoms with Gasteiger partial charge in [-0.25, -0.2) is 0 Å². The molecule has 1 saturated heterocycles. The van der Waals surface area contributed by atoms with Gasteiger partial charge in [-0.3, -0.25) is 4.79 Å². The Kier molecular flexibility index (Phi) is 3.56. The first kappa shape index (κ1) is 9.55. The van der Waals surface area contributed by atoms with Crippen molar-refractivity contribution in [2.75, 3.05) is 13.1 Å². The van der Waals surface area contributed by atoms with Gasteiger partial charge in [0.25, 0.3) is 0 Å². The van der Waals surface area contributed by atoms with Crippen LogP contribution in [0, 0.1) is 0 Å². The number of hydrogen-bond acceptors (Lipinski definition) is 2. The van der Waals surface area contributed by atoms with E-state index in [2.05, 4.69) is 10.6 Å². The Balaban J connectivity index is 2.20. The summed E-state index contributed by atoms with van der Waals surface area (Å²) in [6.07, 6.45) is 0.579. The van der Waals surface area contributed by atoms with Gasteiger partial charge in [-0.05, 0) is 12.5 Å². The van der Waals surface area contributed by atoms with E-state index in [0.717, 1.165) is 18.7 Å². The van der Waals surface area contributed by atoms with E-state index in [9.17, 15) is 4.79 Å². The molecule has 1 heterocycles. The third-order valence-electron chi connectivity index (χ3n) is 1.83. The van der Waals surface area contributed by atoms with E-state index in [0.29, 0.717) is 6.42 Å². The third kappa shape index (κ3) is 2.83. The lowest BCUT2D eigenvalue weighted by atomic mass is 10.2. The number of nitrogens with one attached hydrogen (secondary N) is 2. The molecule has 68 valence electrons. The lowest BCUT2D eigenvalue weighted by molar-refractivity contribution is -0.119. The highest BCUT2D eigenvalue weighted by atomic mass is 35.5. The largest absolute Gasteiger partial charge is 0.354 e. The highest BCUT2D eigenvalue weighted by molar-refractivity contribution is 6.25. The monoisotopic (exact) mass is 188 g/mol. The van der Waals surface area contributed by atoms with Gasteiger partial charge in [0.2, 0.25) is 5.91 Å². The predicted octanol–water partition coefficient (Wildman–Crippen LogP) is 0.607. The predicted molar refractivity (Wildman–Crippen MR) is 49.0 cm³/mol. The molecule has 1 aliphatic rings. The maximum Gasteiger partial charge on any atom is 0.221 e. The SMILES string of the molecule is C/C(=C\Cl)CNC1CNC(=O)C1. The van der Waals surface area contributed by atoms with Gasteiger partial charge in [-0.2, -0.15) is 0 Å². The smallest absolute Gasteiger partial charge is 0.221 e. The first-order chi connectivity index (χ1) is 5.72. The topological polar surface area (TPSA) is 41.1 Å². The van der Waals surface area contributed by atoms with E-state index in [1.54, 1.807) is 5.54 Å². The van der Waals surface area contributed by atoms with Crippen molar-refractivity contribution in [2.24, 2.45) is 0 Å². The number of hydrogen-bond donors (Lipinski definition) is 2. The van der Waals surface area contributed by atoms with Crippen LogP contribution in [0.2, 0.25) is 0 Å². The quantitative estimate of drug-likeness (QED) is 0.682. The van der Waals surface area contributed by atoms with Gasteiger partial charge < -0.3 is 10.6 Å². The molecular weight excluding hydrogens is 176 g/mol. The Bertz CT molecular complexity index is 203. The van der Waals surface area contributed by atoms with Crippen LogP contribution in [0.15, 0.2) is 11.1 Å². The van der Waals surface area contributed by atoms with Crippen LogP contribution >= 0.6 is 11.6 Å². The van der Waals surface area contributed by atoms with Crippen molar-refractivity contribution >= 4 is 17.5 Å². The Morgan fingerprint density at radius 3 is 3.17 bits per heavy atom. The molecule has 0 aromatic heterocycles. The van der Waals surface area contributed by atoms with Crippen LogP contribution in [0.5, 0.6) is 0 Å². The normalized spacial score (nSPS) is 24.3. The first-order valence-corrected chi connectivity index (χ1v) is 4.42. The zero-order valence-electron chi connectivity index (χ0n) is 7.06. The van der Waals surface area contributed by atoms with E-state index >= 15 is 0 Å². The second-order valence-corrected chi connectivity index (χ2v) is 3.26. The number of carbonyl (C=O) groups excluding carboxylic acids is 1. The van der Waals surface area contributed by atoms with Crippen LogP contribution in [0.1, 0.15) is 13.3 Å². The highest BCUT2D eigenvalue weighted by Crippen LogP contribution is 2.00. The Morgan fingerprint density at radius 2 is 2.67 bits per heavy atom. The molecular formula is C8H13ClN2O. The molecule has 2 N–H and O–H groups in total. The minimum Gasteiger partial charge on any atom is -0.354 e. The summed E-state index contributed by atoms with van der Waals surface area (Å²) in [6, 6.07) is 0.268. The maximum absolute atomic E-state index is 10.8. The molecule has 0 radical (unpaired) electrons. The minimum absolute atomic E-state index is 0.125. The van der Waals surface area contributed by atoms with Crippen LogP contribution in [-0.4, -0.2) is 25.0 Å². The van der Waals surface area contributed by atoms with E-state index < -0.39 is 0 Å². The van der Waals surface area contributed by atoms with E-state index in [-0.39, 0.29) is 11.9 Å². The fourth-order valence-corrected chi connectivity index (χ4v) is 1.17. The summed E-state index contributed by atoms with van der Waals surface area (Å²) in [5.41, 5.74) is 2.63. The molecule has 12 heavy (non-hydrogen) atoms. The summed E-state index contributed by atoms with van der Waals surface area (Å²) >= 11 is 5.48. The molecule has 1 amide bonds. The fraction of sp³-hybridized carbons (Fsp3) is 0.625. The zero-order chi connectivity index (χ0) is 8.97. The van der Waals surface area contributed by atoms with Crippen LogP contribution in [-0.2, 0) is 4.79 Å². The van der Waals surface area contributed by atoms with E-state index in [4.69, 9.17) is 11.6 Å². The highest BCUT2D eigenvalue weighted by Gasteiger charge is 2.20. The van der Waals surface area contributed by atoms with Crippen molar-refractivity contribution < 1.29 is 4.79 Å². The Morgan fingerprint density at radius 1 is 1.92 bits per heavy atom. The molecule has 3 nitrogen and oxygen atoms in total. The molecule has 4 heteroatoms. The van der Waals surface area contributed by atoms with Gasteiger partial charge in [0.1, 0.15) is 0 Å². The number of carbonyl (C=O) groups is 1. The zero-order valence-corrected chi connectivity index (χ0v) is 7.82. The van der Waals surface area contributed by atoms with Crippen molar-refractivity contribution in [3.8, 4) is 0 Å². The average Bonchev–Trinajstić information content (AvgIpc) is 2.47. The fourth-order valence-electron chi connectivity index (χ4n) is 1.09. The summed E-state index contributed by atoms with van der Waals surface area (Å²) < 4.78 is 0.